The maximum atomic E-state index is 12.5. The molecule has 1 aromatic heterocycles. The van der Waals surface area contributed by atoms with Crippen LogP contribution in [-0.2, 0) is 9.53 Å². The van der Waals surface area contributed by atoms with Crippen LogP contribution in [0.1, 0.15) is 42.4 Å². The van der Waals surface area contributed by atoms with Crippen molar-refractivity contribution in [3.63, 3.8) is 0 Å². The first-order valence-corrected chi connectivity index (χ1v) is 14.6. The first-order chi connectivity index (χ1) is 21.7. The molecule has 234 valence electrons. The lowest BCUT2D eigenvalue weighted by Crippen LogP contribution is -2.45. The van der Waals surface area contributed by atoms with Crippen LogP contribution in [0.25, 0.3) is 16.5 Å². The maximum absolute atomic E-state index is 12.5. The van der Waals surface area contributed by atoms with E-state index < -0.39 is 24.3 Å². The minimum atomic E-state index is -1.11. The largest absolute Gasteiger partial charge is 0.490 e. The van der Waals surface area contributed by atoms with Crippen LogP contribution >= 0.6 is 0 Å². The summed E-state index contributed by atoms with van der Waals surface area (Å²) in [4.78, 5) is 24.6. The highest BCUT2D eigenvalue weighted by Gasteiger charge is 2.32. The number of methoxy groups -OCH3 is 1. The zero-order valence-corrected chi connectivity index (χ0v) is 25.9. The third-order valence-electron chi connectivity index (χ3n) is 7.56. The molecular formula is C34H37N5O6. The van der Waals surface area contributed by atoms with E-state index in [1.807, 2.05) is 39.0 Å². The lowest BCUT2D eigenvalue weighted by Gasteiger charge is -2.28. The fraction of sp³-hybridized carbons (Fsp3) is 0.265. The van der Waals surface area contributed by atoms with Crippen LogP contribution in [0, 0.1) is 13.8 Å². The number of benzene rings is 3. The molecule has 0 saturated heterocycles. The lowest BCUT2D eigenvalue weighted by molar-refractivity contribution is -0.136. The summed E-state index contributed by atoms with van der Waals surface area (Å²) in [6, 6.07) is 20.6. The molecule has 11 nitrogen and oxygen atoms in total. The lowest BCUT2D eigenvalue weighted by atomic mass is 9.95. The van der Waals surface area contributed by atoms with Gasteiger partial charge in [0.15, 0.2) is 17.7 Å². The van der Waals surface area contributed by atoms with Gasteiger partial charge in [0, 0.05) is 28.3 Å². The Hall–Kier alpha value is -5.29. The number of nitrogens with one attached hydrogen (secondary N) is 3. The summed E-state index contributed by atoms with van der Waals surface area (Å²) in [6.45, 7) is 7.77. The molecular weight excluding hydrogens is 574 g/mol. The number of ether oxygens (including phenoxy) is 3. The highest BCUT2D eigenvalue weighted by molar-refractivity contribution is 5.95. The van der Waals surface area contributed by atoms with Crippen molar-refractivity contribution < 1.29 is 28.9 Å². The smallest absolute Gasteiger partial charge is 0.337 e. The van der Waals surface area contributed by atoms with Gasteiger partial charge >= 0.3 is 12.0 Å². The van der Waals surface area contributed by atoms with E-state index in [9.17, 15) is 14.7 Å². The average Bonchev–Trinajstić information content (AvgIpc) is 3.31. The Morgan fingerprint density at radius 3 is 2.58 bits per heavy atom. The van der Waals surface area contributed by atoms with Gasteiger partial charge in [-0.1, -0.05) is 36.4 Å². The highest BCUT2D eigenvalue weighted by atomic mass is 16.5. The van der Waals surface area contributed by atoms with Crippen molar-refractivity contribution in [2.45, 2.75) is 40.0 Å². The topological polar surface area (TPSA) is 135 Å². The second kappa shape index (κ2) is 13.6. The first-order valence-electron chi connectivity index (χ1n) is 14.6. The highest BCUT2D eigenvalue weighted by Crippen LogP contribution is 2.35. The summed E-state index contributed by atoms with van der Waals surface area (Å²) in [7, 11) is 1.28. The van der Waals surface area contributed by atoms with Crippen LogP contribution < -0.4 is 25.5 Å². The number of carbonyl (C=O) groups is 2. The quantitative estimate of drug-likeness (QED) is 0.0831. The van der Waals surface area contributed by atoms with E-state index in [1.165, 1.54) is 17.9 Å². The Bertz CT molecular complexity index is 1790. The van der Waals surface area contributed by atoms with Gasteiger partial charge in [0.2, 0.25) is 0 Å². The molecule has 0 radical (unpaired) electrons. The molecule has 3 aromatic carbocycles. The fourth-order valence-electron chi connectivity index (χ4n) is 5.45. The minimum absolute atomic E-state index is 0.122. The molecule has 2 atom stereocenters. The molecule has 4 N–H and O–H groups in total. The van der Waals surface area contributed by atoms with Crippen LogP contribution in [0.15, 0.2) is 83.1 Å². The second-order valence-electron chi connectivity index (χ2n) is 10.6. The first kappa shape index (κ1) is 31.1. The van der Waals surface area contributed by atoms with Crippen molar-refractivity contribution in [2.24, 2.45) is 5.10 Å². The molecule has 45 heavy (non-hydrogen) atoms. The summed E-state index contributed by atoms with van der Waals surface area (Å²) in [5, 5.41) is 22.5. The number of fused-ring (bicyclic) bond motifs is 1. The number of aromatic nitrogens is 1. The number of carbonyl (C=O) groups excluding carboxylic acids is 2. The number of hydrogen-bond acceptors (Lipinski definition) is 8. The van der Waals surface area contributed by atoms with Gasteiger partial charge in [-0.25, -0.2) is 9.59 Å². The number of aliphatic hydroxyl groups excluding tert-OH is 1. The van der Waals surface area contributed by atoms with Crippen LogP contribution in [-0.4, -0.2) is 54.4 Å². The molecule has 2 heterocycles. The molecule has 0 aliphatic carbocycles. The van der Waals surface area contributed by atoms with E-state index in [0.717, 1.165) is 22.6 Å². The van der Waals surface area contributed by atoms with Gasteiger partial charge in [0.1, 0.15) is 6.61 Å². The van der Waals surface area contributed by atoms with Crippen molar-refractivity contribution >= 4 is 29.0 Å². The maximum Gasteiger partial charge on any atom is 0.337 e. The van der Waals surface area contributed by atoms with E-state index in [1.54, 1.807) is 31.3 Å². The van der Waals surface area contributed by atoms with Crippen molar-refractivity contribution in [2.75, 3.05) is 20.3 Å². The molecule has 4 aromatic rings. The van der Waals surface area contributed by atoms with Crippen LogP contribution in [0.3, 0.4) is 0 Å². The number of allylic oxidation sites excluding steroid dienone is 1. The molecule has 0 unspecified atom stereocenters. The Labute approximate surface area is 261 Å². The number of aliphatic hydroxyl groups is 1. The number of esters is 1. The Morgan fingerprint density at radius 2 is 1.82 bits per heavy atom. The van der Waals surface area contributed by atoms with Crippen LogP contribution in [0.4, 0.5) is 4.79 Å². The van der Waals surface area contributed by atoms with Crippen molar-refractivity contribution in [3.8, 4) is 17.2 Å². The number of nitrogens with zero attached hydrogens (tertiary/aromatic N) is 2. The monoisotopic (exact) mass is 611 g/mol. The van der Waals surface area contributed by atoms with Crippen LogP contribution in [0.5, 0.6) is 11.5 Å². The van der Waals surface area contributed by atoms with Gasteiger partial charge in [-0.15, -0.1) is 0 Å². The normalized spacial score (nSPS) is 15.5. The molecule has 1 aliphatic rings. The summed E-state index contributed by atoms with van der Waals surface area (Å²) >= 11 is 0. The van der Waals surface area contributed by atoms with Gasteiger partial charge < -0.3 is 34.5 Å². The van der Waals surface area contributed by atoms with Crippen LogP contribution in [0.2, 0.25) is 0 Å². The molecule has 0 saturated carbocycles. The summed E-state index contributed by atoms with van der Waals surface area (Å²) < 4.78 is 18.7. The number of hydrogen-bond donors (Lipinski definition) is 4. The molecule has 5 rings (SSSR count). The summed E-state index contributed by atoms with van der Waals surface area (Å²) in [5.74, 6) is 0.208. The third-order valence-corrected chi connectivity index (χ3v) is 7.56. The Kier molecular flexibility index (Phi) is 9.39. The zero-order valence-electron chi connectivity index (χ0n) is 25.9. The standard InChI is InChI=1S/C34H37N5O6/c1-6-44-29-17-25(32-31(33(41)43-5)21(3)36-34(42)37-32)12-14-28(29)45-19-30(40)38-35-18-26-15-20(2)39(22(26)4)27-13-11-23-9-7-8-10-24(23)16-27/h7-18,30,32,38,40H,6,19H2,1-5H3,(H2,36,37,42)/b35-18-/t30-,32-/m0/s1. The molecule has 0 spiro atoms. The van der Waals surface area contributed by atoms with Crippen molar-refractivity contribution in [3.05, 3.63) is 101 Å². The van der Waals surface area contributed by atoms with Gasteiger partial charge in [0.25, 0.3) is 0 Å². The Morgan fingerprint density at radius 1 is 1.04 bits per heavy atom. The summed E-state index contributed by atoms with van der Waals surface area (Å²) in [5.41, 5.74) is 8.05. The van der Waals surface area contributed by atoms with Gasteiger partial charge in [0.05, 0.1) is 31.5 Å². The molecule has 0 bridgehead atoms. The van der Waals surface area contributed by atoms with E-state index >= 15 is 0 Å². The molecule has 2 amide bonds. The van der Waals surface area contributed by atoms with E-state index in [0.29, 0.717) is 29.4 Å². The van der Waals surface area contributed by atoms with E-state index in [-0.39, 0.29) is 12.2 Å². The average molecular weight is 612 g/mol. The predicted octanol–water partition coefficient (Wildman–Crippen LogP) is 4.77. The molecule has 1 aliphatic heterocycles. The minimum Gasteiger partial charge on any atom is -0.490 e. The van der Waals surface area contributed by atoms with Crippen molar-refractivity contribution in [1.82, 2.24) is 20.6 Å². The predicted molar refractivity (Wildman–Crippen MR) is 172 cm³/mol. The molecule has 0 fully saturated rings. The summed E-state index contributed by atoms with van der Waals surface area (Å²) in [6.07, 6.45) is 0.560. The van der Waals surface area contributed by atoms with Crippen molar-refractivity contribution in [1.29, 1.82) is 0 Å². The van der Waals surface area contributed by atoms with Gasteiger partial charge in [-0.05, 0) is 74.4 Å². The van der Waals surface area contributed by atoms with E-state index in [2.05, 4.69) is 56.1 Å². The number of urea groups is 1. The van der Waals surface area contributed by atoms with E-state index in [4.69, 9.17) is 14.2 Å². The van der Waals surface area contributed by atoms with Gasteiger partial charge in [-0.2, -0.15) is 5.10 Å². The SMILES string of the molecule is CCOc1cc([C@@H]2NC(=O)NC(C)=C2C(=O)OC)ccc1OC[C@H](O)N/N=C\c1cc(C)n(-c2ccc3ccccc3c2)c1C. The second-order valence-corrected chi connectivity index (χ2v) is 10.6. The fourth-order valence-corrected chi connectivity index (χ4v) is 5.45. The number of amides is 2. The Balaban J connectivity index is 1.25. The number of rotatable bonds is 11. The number of aryl methyl sites for hydroxylation is 1. The molecule has 11 heteroatoms. The van der Waals surface area contributed by atoms with Gasteiger partial charge in [-0.3, -0.25) is 5.43 Å². The zero-order chi connectivity index (χ0) is 32.1. The third kappa shape index (κ3) is 6.78. The number of hydrazone groups is 1.